The Labute approximate surface area is 209 Å². The van der Waals surface area contributed by atoms with E-state index in [9.17, 15) is 27.6 Å². The van der Waals surface area contributed by atoms with Crippen LogP contribution in [0.25, 0.3) is 0 Å². The van der Waals surface area contributed by atoms with Gasteiger partial charge in [0, 0.05) is 29.6 Å². The van der Waals surface area contributed by atoms with E-state index in [1.54, 1.807) is 12.1 Å². The lowest BCUT2D eigenvalue weighted by molar-refractivity contribution is -0.143. The van der Waals surface area contributed by atoms with E-state index in [4.69, 9.17) is 9.84 Å². The smallest absolute Gasteiger partial charge is 0.306 e. The van der Waals surface area contributed by atoms with Gasteiger partial charge in [0.15, 0.2) is 11.6 Å². The van der Waals surface area contributed by atoms with Gasteiger partial charge in [0.25, 0.3) is 5.91 Å². The molecule has 3 N–H and O–H groups in total. The van der Waals surface area contributed by atoms with E-state index in [0.29, 0.717) is 31.2 Å². The quantitative estimate of drug-likeness (QED) is 0.457. The third kappa shape index (κ3) is 5.95. The van der Waals surface area contributed by atoms with Crippen molar-refractivity contribution in [3.8, 4) is 5.75 Å². The van der Waals surface area contributed by atoms with Gasteiger partial charge in [0.1, 0.15) is 11.6 Å². The second-order valence-electron chi connectivity index (χ2n) is 8.77. The van der Waals surface area contributed by atoms with E-state index in [0.717, 1.165) is 17.0 Å². The fraction of sp³-hybridized carbons (Fsp3) is 0.400. The van der Waals surface area contributed by atoms with Crippen molar-refractivity contribution in [3.63, 3.8) is 0 Å². The molecule has 1 saturated carbocycles. The molecular formula is C25H25F3N2O5S. The van der Waals surface area contributed by atoms with Crippen molar-refractivity contribution >= 4 is 29.5 Å². The summed E-state index contributed by atoms with van der Waals surface area (Å²) >= 11 is 1.27. The molecule has 0 spiro atoms. The summed E-state index contributed by atoms with van der Waals surface area (Å²) in [5.41, 5.74) is 0.00635. The highest BCUT2D eigenvalue weighted by atomic mass is 32.2. The fourth-order valence-electron chi connectivity index (χ4n) is 4.34. The van der Waals surface area contributed by atoms with Crippen LogP contribution in [-0.2, 0) is 16.0 Å². The van der Waals surface area contributed by atoms with Crippen LogP contribution in [0.2, 0.25) is 0 Å². The van der Waals surface area contributed by atoms with Gasteiger partial charge in [-0.2, -0.15) is 0 Å². The zero-order valence-corrected chi connectivity index (χ0v) is 20.0. The van der Waals surface area contributed by atoms with E-state index in [2.05, 4.69) is 10.6 Å². The van der Waals surface area contributed by atoms with Crippen LogP contribution >= 0.6 is 11.8 Å². The first kappa shape index (κ1) is 25.9. The molecule has 7 nitrogen and oxygen atoms in total. The Morgan fingerprint density at radius 3 is 2.39 bits per heavy atom. The Morgan fingerprint density at radius 2 is 1.69 bits per heavy atom. The van der Waals surface area contributed by atoms with Crippen LogP contribution in [0.5, 0.6) is 5.75 Å². The number of carboxylic acid groups (broad SMARTS) is 1. The molecule has 1 atom stereocenters. The maximum absolute atomic E-state index is 14.5. The Bertz CT molecular complexity index is 1170. The third-order valence-electron chi connectivity index (χ3n) is 6.32. The molecule has 1 aliphatic carbocycles. The molecule has 1 fully saturated rings. The summed E-state index contributed by atoms with van der Waals surface area (Å²) in [6.07, 6.45) is 1.44. The lowest BCUT2D eigenvalue weighted by Gasteiger charge is -2.27. The van der Waals surface area contributed by atoms with E-state index >= 15 is 0 Å². The second kappa shape index (κ2) is 11.2. The van der Waals surface area contributed by atoms with E-state index in [1.807, 2.05) is 0 Å². The van der Waals surface area contributed by atoms with Crippen LogP contribution < -0.4 is 15.4 Å². The number of amides is 2. The van der Waals surface area contributed by atoms with E-state index in [-0.39, 0.29) is 37.0 Å². The van der Waals surface area contributed by atoms with Crippen molar-refractivity contribution in [3.05, 3.63) is 58.9 Å². The van der Waals surface area contributed by atoms with Crippen molar-refractivity contribution in [2.75, 3.05) is 13.1 Å². The van der Waals surface area contributed by atoms with Crippen molar-refractivity contribution in [1.29, 1.82) is 0 Å². The number of carbonyl (C=O) groups excluding carboxylic acids is 2. The monoisotopic (exact) mass is 522 g/mol. The summed E-state index contributed by atoms with van der Waals surface area (Å²) in [4.78, 5) is 36.5. The molecule has 0 radical (unpaired) electrons. The first-order valence-corrected chi connectivity index (χ1v) is 12.5. The topological polar surface area (TPSA) is 105 Å². The lowest BCUT2D eigenvalue weighted by atomic mass is 9.87. The van der Waals surface area contributed by atoms with Gasteiger partial charge in [-0.3, -0.25) is 14.4 Å². The predicted octanol–water partition coefficient (Wildman–Crippen LogP) is 3.69. The number of aliphatic carboxylic acids is 1. The molecule has 2 aromatic rings. The number of fused-ring (bicyclic) bond motifs is 1. The number of hydrogen-bond donors (Lipinski definition) is 3. The Hall–Kier alpha value is -3.21. The number of carboxylic acids is 1. The number of ether oxygens (including phenoxy) is 1. The number of carbonyl (C=O) groups is 3. The van der Waals surface area contributed by atoms with Crippen LogP contribution in [-0.4, -0.2) is 47.3 Å². The Kier molecular flexibility index (Phi) is 8.07. The van der Waals surface area contributed by atoms with Gasteiger partial charge in [-0.25, -0.2) is 13.2 Å². The van der Waals surface area contributed by atoms with Gasteiger partial charge in [-0.15, -0.1) is 11.8 Å². The SMILES string of the molecule is O=C(NCCNC(=O)C1Cc2c(F)cccc2S1)c1cc(F)c(OC2CCC(C(=O)O)CC2)cc1F. The highest BCUT2D eigenvalue weighted by Crippen LogP contribution is 2.38. The molecule has 2 aromatic carbocycles. The number of hydrogen-bond acceptors (Lipinski definition) is 5. The number of benzene rings is 2. The third-order valence-corrected chi connectivity index (χ3v) is 7.62. The van der Waals surface area contributed by atoms with Crippen molar-refractivity contribution < 1.29 is 37.4 Å². The van der Waals surface area contributed by atoms with Crippen molar-refractivity contribution in [2.24, 2.45) is 5.92 Å². The average molecular weight is 523 g/mol. The molecule has 0 saturated heterocycles. The normalized spacial score (nSPS) is 20.9. The van der Waals surface area contributed by atoms with Gasteiger partial charge < -0.3 is 20.5 Å². The lowest BCUT2D eigenvalue weighted by Crippen LogP contribution is -2.38. The minimum absolute atomic E-state index is 0.0185. The molecular weight excluding hydrogens is 497 g/mol. The zero-order valence-electron chi connectivity index (χ0n) is 19.2. The number of thioether (sulfide) groups is 1. The van der Waals surface area contributed by atoms with Crippen LogP contribution in [0.1, 0.15) is 41.6 Å². The summed E-state index contributed by atoms with van der Waals surface area (Å²) in [5.74, 6) is -5.03. The molecule has 0 aromatic heterocycles. The Balaban J connectivity index is 1.24. The minimum atomic E-state index is -0.964. The average Bonchev–Trinajstić information content (AvgIpc) is 3.30. The maximum atomic E-state index is 14.5. The minimum Gasteiger partial charge on any atom is -0.487 e. The van der Waals surface area contributed by atoms with Gasteiger partial charge >= 0.3 is 5.97 Å². The van der Waals surface area contributed by atoms with Crippen LogP contribution in [0.15, 0.2) is 35.2 Å². The summed E-state index contributed by atoms with van der Waals surface area (Å²) in [5, 5.41) is 13.7. The standard InChI is InChI=1S/C25H25F3N2O5S/c26-17-2-1-3-21-15(17)11-22(36-21)24(32)30-9-8-29-23(31)16-10-19(28)20(12-18(16)27)35-14-6-4-13(5-7-14)25(33)34/h1-3,10,12-14,22H,4-9,11H2,(H,29,31)(H,30,32)(H,33,34). The summed E-state index contributed by atoms with van der Waals surface area (Å²) < 4.78 is 48.4. The van der Waals surface area contributed by atoms with Crippen LogP contribution in [0.3, 0.4) is 0 Å². The summed E-state index contributed by atoms with van der Waals surface area (Å²) in [6.45, 7) is 0.0418. The molecule has 0 bridgehead atoms. The van der Waals surface area contributed by atoms with Crippen LogP contribution in [0, 0.1) is 23.4 Å². The molecule has 36 heavy (non-hydrogen) atoms. The van der Waals surface area contributed by atoms with Gasteiger partial charge in [0.2, 0.25) is 5.91 Å². The van der Waals surface area contributed by atoms with Gasteiger partial charge in [-0.1, -0.05) is 6.07 Å². The molecule has 2 amide bonds. The summed E-state index contributed by atoms with van der Waals surface area (Å²) in [6, 6.07) is 6.25. The predicted molar refractivity (Wildman–Crippen MR) is 125 cm³/mol. The second-order valence-corrected chi connectivity index (χ2v) is 10.0. The first-order valence-electron chi connectivity index (χ1n) is 11.6. The molecule has 192 valence electrons. The van der Waals surface area contributed by atoms with Crippen LogP contribution in [0.4, 0.5) is 13.2 Å². The number of rotatable bonds is 8. The Morgan fingerprint density at radius 1 is 0.972 bits per heavy atom. The zero-order chi connectivity index (χ0) is 25.8. The van der Waals surface area contributed by atoms with Crippen molar-refractivity contribution in [1.82, 2.24) is 10.6 Å². The largest absolute Gasteiger partial charge is 0.487 e. The highest BCUT2D eigenvalue weighted by Gasteiger charge is 2.30. The number of nitrogens with one attached hydrogen (secondary N) is 2. The van der Waals surface area contributed by atoms with Gasteiger partial charge in [-0.05, 0) is 50.3 Å². The van der Waals surface area contributed by atoms with E-state index in [1.165, 1.54) is 17.8 Å². The molecule has 2 aliphatic rings. The van der Waals surface area contributed by atoms with E-state index < -0.39 is 46.3 Å². The molecule has 1 heterocycles. The molecule has 1 aliphatic heterocycles. The fourth-order valence-corrected chi connectivity index (χ4v) is 5.57. The van der Waals surface area contributed by atoms with Crippen molar-refractivity contribution in [2.45, 2.75) is 48.4 Å². The van der Waals surface area contributed by atoms with Gasteiger partial charge in [0.05, 0.1) is 22.8 Å². The summed E-state index contributed by atoms with van der Waals surface area (Å²) in [7, 11) is 0. The molecule has 1 unspecified atom stereocenters. The molecule has 4 rings (SSSR count). The number of halogens is 3. The first-order chi connectivity index (χ1) is 17.2. The maximum Gasteiger partial charge on any atom is 0.306 e. The molecule has 11 heteroatoms. The highest BCUT2D eigenvalue weighted by molar-refractivity contribution is 8.01.